The topological polar surface area (TPSA) is 46.9 Å². The third kappa shape index (κ3) is 3.34. The van der Waals surface area contributed by atoms with Crippen molar-refractivity contribution in [1.29, 1.82) is 0 Å². The van der Waals surface area contributed by atoms with Crippen LogP contribution >= 0.6 is 11.6 Å². The fourth-order valence-corrected chi connectivity index (χ4v) is 1.95. The number of amides is 1. The summed E-state index contributed by atoms with van der Waals surface area (Å²) in [6.45, 7) is 1.95. The first-order valence-corrected chi connectivity index (χ1v) is 6.06. The van der Waals surface area contributed by atoms with E-state index in [0.717, 1.165) is 12.0 Å². The number of hydrogen-bond acceptors (Lipinski definition) is 2. The molecule has 4 nitrogen and oxygen atoms in total. The molecular formula is C13H14ClN3O. The van der Waals surface area contributed by atoms with E-state index in [1.807, 2.05) is 31.2 Å². The molecule has 0 saturated heterocycles. The van der Waals surface area contributed by atoms with Gasteiger partial charge in [-0.1, -0.05) is 23.7 Å². The van der Waals surface area contributed by atoms with Crippen LogP contribution in [0.1, 0.15) is 12.5 Å². The molecular weight excluding hydrogens is 250 g/mol. The van der Waals surface area contributed by atoms with Gasteiger partial charge in [-0.15, -0.1) is 0 Å². The predicted octanol–water partition coefficient (Wildman–Crippen LogP) is 2.73. The molecule has 0 fully saturated rings. The van der Waals surface area contributed by atoms with Crippen molar-refractivity contribution in [3.05, 3.63) is 53.6 Å². The average Bonchev–Trinajstić information content (AvgIpc) is 2.81. The quantitative estimate of drug-likeness (QED) is 0.926. The van der Waals surface area contributed by atoms with E-state index in [1.165, 1.54) is 10.9 Å². The smallest absolute Gasteiger partial charge is 0.327 e. The van der Waals surface area contributed by atoms with Crippen LogP contribution < -0.4 is 5.32 Å². The number of nitrogens with one attached hydrogen (secondary N) is 1. The highest BCUT2D eigenvalue weighted by molar-refractivity contribution is 6.30. The third-order valence-corrected chi connectivity index (χ3v) is 2.77. The molecule has 1 amide bonds. The largest absolute Gasteiger partial charge is 0.335 e. The maximum atomic E-state index is 11.8. The van der Waals surface area contributed by atoms with Crippen LogP contribution in [0, 0.1) is 0 Å². The van der Waals surface area contributed by atoms with Gasteiger partial charge in [-0.25, -0.2) is 9.78 Å². The molecule has 0 aliphatic carbocycles. The van der Waals surface area contributed by atoms with E-state index >= 15 is 0 Å². The van der Waals surface area contributed by atoms with Crippen molar-refractivity contribution in [1.82, 2.24) is 14.9 Å². The minimum absolute atomic E-state index is 0.0263. The zero-order chi connectivity index (χ0) is 13.0. The molecule has 1 heterocycles. The molecule has 94 valence electrons. The first kappa shape index (κ1) is 12.6. The van der Waals surface area contributed by atoms with Crippen LogP contribution in [0.3, 0.4) is 0 Å². The molecule has 5 heteroatoms. The number of imidazole rings is 1. The molecule has 0 radical (unpaired) electrons. The summed E-state index contributed by atoms with van der Waals surface area (Å²) in [6, 6.07) is 7.48. The van der Waals surface area contributed by atoms with E-state index in [1.54, 1.807) is 12.4 Å². The van der Waals surface area contributed by atoms with E-state index in [4.69, 9.17) is 11.6 Å². The molecule has 2 aromatic rings. The second-order valence-corrected chi connectivity index (χ2v) is 4.59. The van der Waals surface area contributed by atoms with Crippen molar-refractivity contribution in [2.45, 2.75) is 19.4 Å². The standard InChI is InChI=1S/C13H14ClN3O/c1-10(7-11-3-2-4-12(14)8-11)16-13(18)17-6-5-15-9-17/h2-6,8-10H,7H2,1H3,(H,16,18). The zero-order valence-electron chi connectivity index (χ0n) is 10.0. The molecule has 18 heavy (non-hydrogen) atoms. The van der Waals surface area contributed by atoms with Gasteiger partial charge in [-0.05, 0) is 31.0 Å². The average molecular weight is 264 g/mol. The summed E-state index contributed by atoms with van der Waals surface area (Å²) in [7, 11) is 0. The summed E-state index contributed by atoms with van der Waals surface area (Å²) in [6.07, 6.45) is 5.39. The predicted molar refractivity (Wildman–Crippen MR) is 70.8 cm³/mol. The van der Waals surface area contributed by atoms with Gasteiger partial charge >= 0.3 is 6.03 Å². The van der Waals surface area contributed by atoms with Crippen LogP contribution in [0.4, 0.5) is 4.79 Å². The highest BCUT2D eigenvalue weighted by Gasteiger charge is 2.09. The van der Waals surface area contributed by atoms with Gasteiger partial charge in [0.15, 0.2) is 0 Å². The van der Waals surface area contributed by atoms with Crippen molar-refractivity contribution < 1.29 is 4.79 Å². The molecule has 1 aromatic heterocycles. The Bertz CT molecular complexity index is 525. The Kier molecular flexibility index (Phi) is 3.99. The normalized spacial score (nSPS) is 12.1. The van der Waals surface area contributed by atoms with Gasteiger partial charge in [0.25, 0.3) is 0 Å². The Balaban J connectivity index is 1.93. The molecule has 0 spiro atoms. The van der Waals surface area contributed by atoms with Gasteiger partial charge in [0.1, 0.15) is 6.33 Å². The first-order chi connectivity index (χ1) is 8.65. The van der Waals surface area contributed by atoms with Crippen molar-refractivity contribution in [2.24, 2.45) is 0 Å². The number of benzene rings is 1. The molecule has 1 unspecified atom stereocenters. The first-order valence-electron chi connectivity index (χ1n) is 5.68. The van der Waals surface area contributed by atoms with Gasteiger partial charge in [0.2, 0.25) is 0 Å². The number of aromatic nitrogens is 2. The van der Waals surface area contributed by atoms with Crippen LogP contribution in [-0.4, -0.2) is 21.6 Å². The second-order valence-electron chi connectivity index (χ2n) is 4.15. The van der Waals surface area contributed by atoms with Gasteiger partial charge in [-0.3, -0.25) is 4.57 Å². The van der Waals surface area contributed by atoms with Crippen molar-refractivity contribution >= 4 is 17.6 Å². The molecule has 0 aliphatic heterocycles. The maximum absolute atomic E-state index is 11.8. The number of carbonyl (C=O) groups is 1. The van der Waals surface area contributed by atoms with E-state index in [2.05, 4.69) is 10.3 Å². The fraction of sp³-hybridized carbons (Fsp3) is 0.231. The lowest BCUT2D eigenvalue weighted by Gasteiger charge is -2.14. The summed E-state index contributed by atoms with van der Waals surface area (Å²) in [5.41, 5.74) is 1.10. The minimum atomic E-state index is -0.179. The molecule has 1 aromatic carbocycles. The summed E-state index contributed by atoms with van der Waals surface area (Å²) >= 11 is 5.92. The van der Waals surface area contributed by atoms with Crippen LogP contribution in [-0.2, 0) is 6.42 Å². The van der Waals surface area contributed by atoms with Crippen molar-refractivity contribution in [2.75, 3.05) is 0 Å². The summed E-state index contributed by atoms with van der Waals surface area (Å²) in [4.78, 5) is 15.6. The second kappa shape index (κ2) is 5.69. The number of rotatable bonds is 3. The minimum Gasteiger partial charge on any atom is -0.335 e. The number of hydrogen-bond donors (Lipinski definition) is 1. The van der Waals surface area contributed by atoms with Crippen molar-refractivity contribution in [3.8, 4) is 0 Å². The summed E-state index contributed by atoms with van der Waals surface area (Å²) in [5.74, 6) is 0. The monoisotopic (exact) mass is 263 g/mol. The van der Waals surface area contributed by atoms with Crippen LogP contribution in [0.15, 0.2) is 43.0 Å². The molecule has 1 N–H and O–H groups in total. The number of nitrogens with zero attached hydrogens (tertiary/aromatic N) is 2. The summed E-state index contributed by atoms with van der Waals surface area (Å²) < 4.78 is 1.41. The van der Waals surface area contributed by atoms with Crippen LogP contribution in [0.25, 0.3) is 0 Å². The Morgan fingerprint density at radius 3 is 3.06 bits per heavy atom. The molecule has 1 atom stereocenters. The summed E-state index contributed by atoms with van der Waals surface area (Å²) in [5, 5.41) is 3.60. The van der Waals surface area contributed by atoms with E-state index in [-0.39, 0.29) is 12.1 Å². The maximum Gasteiger partial charge on any atom is 0.327 e. The van der Waals surface area contributed by atoms with E-state index in [9.17, 15) is 4.79 Å². The Morgan fingerprint density at radius 1 is 1.56 bits per heavy atom. The molecule has 0 aliphatic rings. The Morgan fingerprint density at radius 2 is 2.39 bits per heavy atom. The molecule has 2 rings (SSSR count). The van der Waals surface area contributed by atoms with E-state index in [0.29, 0.717) is 5.02 Å². The fourth-order valence-electron chi connectivity index (χ4n) is 1.73. The van der Waals surface area contributed by atoms with Crippen LogP contribution in [0.5, 0.6) is 0 Å². The zero-order valence-corrected chi connectivity index (χ0v) is 10.8. The van der Waals surface area contributed by atoms with Gasteiger partial charge in [-0.2, -0.15) is 0 Å². The van der Waals surface area contributed by atoms with Gasteiger partial charge in [0.05, 0.1) is 0 Å². The SMILES string of the molecule is CC(Cc1cccc(Cl)c1)NC(=O)n1ccnc1. The van der Waals surface area contributed by atoms with Gasteiger partial charge in [0, 0.05) is 23.5 Å². The van der Waals surface area contributed by atoms with Crippen molar-refractivity contribution in [3.63, 3.8) is 0 Å². The Hall–Kier alpha value is -1.81. The Labute approximate surface area is 111 Å². The van der Waals surface area contributed by atoms with E-state index < -0.39 is 0 Å². The van der Waals surface area contributed by atoms with Gasteiger partial charge < -0.3 is 5.32 Å². The highest BCUT2D eigenvalue weighted by atomic mass is 35.5. The lowest BCUT2D eigenvalue weighted by Crippen LogP contribution is -2.36. The molecule has 0 saturated carbocycles. The molecule has 0 bridgehead atoms. The number of halogens is 1. The third-order valence-electron chi connectivity index (χ3n) is 2.54. The van der Waals surface area contributed by atoms with Crippen LogP contribution in [0.2, 0.25) is 5.02 Å². The highest BCUT2D eigenvalue weighted by Crippen LogP contribution is 2.12. The lowest BCUT2D eigenvalue weighted by molar-refractivity contribution is 0.239. The lowest BCUT2D eigenvalue weighted by atomic mass is 10.1. The number of carbonyl (C=O) groups excluding carboxylic acids is 1.